The number of amides is 2. The molecule has 126 valence electrons. The number of carbonyl (C=O) groups is 1. The van der Waals surface area contributed by atoms with Gasteiger partial charge in [-0.25, -0.2) is 23.5 Å². The Labute approximate surface area is 137 Å². The van der Waals surface area contributed by atoms with Crippen LogP contribution in [0.3, 0.4) is 0 Å². The van der Waals surface area contributed by atoms with Gasteiger partial charge in [0.1, 0.15) is 11.6 Å². The molecule has 1 aliphatic rings. The Hall–Kier alpha value is -2.77. The maximum absolute atomic E-state index is 13.2. The first-order chi connectivity index (χ1) is 11.5. The van der Waals surface area contributed by atoms with E-state index in [-0.39, 0.29) is 17.6 Å². The van der Waals surface area contributed by atoms with Crippen molar-refractivity contribution in [3.8, 4) is 0 Å². The summed E-state index contributed by atoms with van der Waals surface area (Å²) in [4.78, 5) is 22.0. The van der Waals surface area contributed by atoms with Gasteiger partial charge >= 0.3 is 6.03 Å². The minimum atomic E-state index is -0.738. The van der Waals surface area contributed by atoms with Gasteiger partial charge in [-0.2, -0.15) is 0 Å². The molecule has 2 heterocycles. The molecule has 6 nitrogen and oxygen atoms in total. The number of nitrogens with zero attached hydrogens (tertiary/aromatic N) is 3. The van der Waals surface area contributed by atoms with Gasteiger partial charge in [0.2, 0.25) is 5.95 Å². The Kier molecular flexibility index (Phi) is 4.54. The van der Waals surface area contributed by atoms with Gasteiger partial charge in [0.15, 0.2) is 0 Å². The molecular weight excluding hydrogens is 316 g/mol. The Bertz CT molecular complexity index is 735. The number of carbonyl (C=O) groups excluding carboxylic acids is 1. The number of anilines is 2. The molecule has 3 N–H and O–H groups in total. The summed E-state index contributed by atoms with van der Waals surface area (Å²) in [6.45, 7) is 1.03. The summed E-state index contributed by atoms with van der Waals surface area (Å²) in [6.07, 6.45) is 3.28. The predicted molar refractivity (Wildman–Crippen MR) is 85.4 cm³/mol. The number of aromatic nitrogens is 2. The Balaban J connectivity index is 1.69. The molecule has 1 aromatic carbocycles. The van der Waals surface area contributed by atoms with Crippen LogP contribution in [0.1, 0.15) is 24.5 Å². The predicted octanol–water partition coefficient (Wildman–Crippen LogP) is 2.75. The van der Waals surface area contributed by atoms with Gasteiger partial charge in [0, 0.05) is 37.0 Å². The third-order valence-corrected chi connectivity index (χ3v) is 3.94. The van der Waals surface area contributed by atoms with E-state index in [1.807, 2.05) is 0 Å². The van der Waals surface area contributed by atoms with Crippen molar-refractivity contribution >= 4 is 17.7 Å². The lowest BCUT2D eigenvalue weighted by atomic mass is 9.95. The molecule has 1 aromatic heterocycles. The van der Waals surface area contributed by atoms with Crippen LogP contribution in [-0.4, -0.2) is 34.0 Å². The highest BCUT2D eigenvalue weighted by atomic mass is 19.1. The molecule has 0 spiro atoms. The van der Waals surface area contributed by atoms with Crippen LogP contribution in [0.15, 0.2) is 30.5 Å². The van der Waals surface area contributed by atoms with E-state index in [0.717, 1.165) is 36.7 Å². The fourth-order valence-corrected chi connectivity index (χ4v) is 2.85. The fraction of sp³-hybridized carbons (Fsp3) is 0.312. The van der Waals surface area contributed by atoms with E-state index in [4.69, 9.17) is 5.73 Å². The van der Waals surface area contributed by atoms with Crippen LogP contribution in [-0.2, 0) is 0 Å². The fourth-order valence-electron chi connectivity index (χ4n) is 2.85. The second-order valence-corrected chi connectivity index (χ2v) is 5.71. The van der Waals surface area contributed by atoms with Gasteiger partial charge in [-0.15, -0.1) is 0 Å². The third kappa shape index (κ3) is 3.76. The van der Waals surface area contributed by atoms with Crippen molar-refractivity contribution in [3.05, 3.63) is 47.8 Å². The van der Waals surface area contributed by atoms with Crippen molar-refractivity contribution in [1.29, 1.82) is 0 Å². The molecule has 0 bridgehead atoms. The molecule has 1 aliphatic heterocycles. The van der Waals surface area contributed by atoms with Crippen molar-refractivity contribution < 1.29 is 13.6 Å². The second kappa shape index (κ2) is 6.77. The summed E-state index contributed by atoms with van der Waals surface area (Å²) >= 11 is 0. The normalized spacial score (nSPS) is 17.6. The van der Waals surface area contributed by atoms with Crippen LogP contribution in [0.4, 0.5) is 25.2 Å². The van der Waals surface area contributed by atoms with Crippen molar-refractivity contribution in [2.75, 3.05) is 24.1 Å². The van der Waals surface area contributed by atoms with Gasteiger partial charge in [-0.05, 0) is 31.0 Å². The average molecular weight is 333 g/mol. The monoisotopic (exact) mass is 333 g/mol. The Morgan fingerprint density at radius 2 is 2.04 bits per heavy atom. The Morgan fingerprint density at radius 3 is 2.75 bits per heavy atom. The number of nitrogen functional groups attached to an aromatic ring is 1. The lowest BCUT2D eigenvalue weighted by Gasteiger charge is -2.32. The smallest absolute Gasteiger partial charge is 0.321 e. The van der Waals surface area contributed by atoms with E-state index in [0.29, 0.717) is 13.1 Å². The maximum Gasteiger partial charge on any atom is 0.321 e. The SMILES string of the molecule is Nc1nccc([C@@H]2CCCN(C(=O)Nc3cc(F)cc(F)c3)C2)n1. The first kappa shape index (κ1) is 16.1. The second-order valence-electron chi connectivity index (χ2n) is 5.71. The van der Waals surface area contributed by atoms with E-state index in [1.54, 1.807) is 17.2 Å². The summed E-state index contributed by atoms with van der Waals surface area (Å²) in [5.74, 6) is -1.22. The van der Waals surface area contributed by atoms with Crippen LogP contribution in [0, 0.1) is 11.6 Å². The molecule has 0 aliphatic carbocycles. The minimum absolute atomic E-state index is 0.0547. The highest BCUT2D eigenvalue weighted by Gasteiger charge is 2.26. The molecule has 3 rings (SSSR count). The highest BCUT2D eigenvalue weighted by Crippen LogP contribution is 2.26. The van der Waals surface area contributed by atoms with Crippen LogP contribution in [0.2, 0.25) is 0 Å². The number of nitrogens with two attached hydrogens (primary N) is 1. The molecule has 0 unspecified atom stereocenters. The van der Waals surface area contributed by atoms with E-state index in [1.165, 1.54) is 0 Å². The van der Waals surface area contributed by atoms with Gasteiger partial charge in [0.25, 0.3) is 0 Å². The van der Waals surface area contributed by atoms with Crippen molar-refractivity contribution in [2.24, 2.45) is 0 Å². The van der Waals surface area contributed by atoms with Gasteiger partial charge in [-0.1, -0.05) is 0 Å². The first-order valence-corrected chi connectivity index (χ1v) is 7.62. The molecule has 24 heavy (non-hydrogen) atoms. The standard InChI is InChI=1S/C16H17F2N5O/c17-11-6-12(18)8-13(7-11)21-16(24)23-5-1-2-10(9-23)14-3-4-20-15(19)22-14/h3-4,6-8,10H,1-2,5,9H2,(H,21,24)(H2,19,20,22)/t10-/m1/s1. The zero-order valence-corrected chi connectivity index (χ0v) is 12.9. The molecule has 8 heteroatoms. The molecule has 2 amide bonds. The van der Waals surface area contributed by atoms with Crippen LogP contribution in [0.5, 0.6) is 0 Å². The topological polar surface area (TPSA) is 84.1 Å². The quantitative estimate of drug-likeness (QED) is 0.885. The highest BCUT2D eigenvalue weighted by molar-refractivity contribution is 5.89. The molecule has 2 aromatic rings. The van der Waals surface area contributed by atoms with Crippen LogP contribution >= 0.6 is 0 Å². The number of nitrogens with one attached hydrogen (secondary N) is 1. The molecular formula is C16H17F2N5O. The lowest BCUT2D eigenvalue weighted by Crippen LogP contribution is -2.41. The van der Waals surface area contributed by atoms with Gasteiger partial charge in [-0.3, -0.25) is 0 Å². The number of hydrogen-bond acceptors (Lipinski definition) is 4. The number of halogens is 2. The summed E-state index contributed by atoms with van der Waals surface area (Å²) < 4.78 is 26.4. The van der Waals surface area contributed by atoms with Gasteiger partial charge in [0.05, 0.1) is 5.69 Å². The molecule has 1 fully saturated rings. The third-order valence-electron chi connectivity index (χ3n) is 3.94. The number of benzene rings is 1. The van der Waals surface area contributed by atoms with Crippen molar-refractivity contribution in [1.82, 2.24) is 14.9 Å². The molecule has 0 radical (unpaired) electrons. The number of likely N-dealkylation sites (tertiary alicyclic amines) is 1. The average Bonchev–Trinajstić information content (AvgIpc) is 2.54. The summed E-state index contributed by atoms with van der Waals surface area (Å²) in [7, 11) is 0. The number of piperidine rings is 1. The summed E-state index contributed by atoms with van der Waals surface area (Å²) in [5.41, 5.74) is 6.48. The number of urea groups is 1. The van der Waals surface area contributed by atoms with Gasteiger partial charge < -0.3 is 16.0 Å². The van der Waals surface area contributed by atoms with E-state index < -0.39 is 17.7 Å². The van der Waals surface area contributed by atoms with E-state index in [2.05, 4.69) is 15.3 Å². The maximum atomic E-state index is 13.2. The Morgan fingerprint density at radius 1 is 1.29 bits per heavy atom. The van der Waals surface area contributed by atoms with E-state index >= 15 is 0 Å². The number of hydrogen-bond donors (Lipinski definition) is 2. The summed E-state index contributed by atoms with van der Waals surface area (Å²) in [5, 5.41) is 2.53. The minimum Gasteiger partial charge on any atom is -0.368 e. The lowest BCUT2D eigenvalue weighted by molar-refractivity contribution is 0.192. The van der Waals surface area contributed by atoms with Crippen molar-refractivity contribution in [2.45, 2.75) is 18.8 Å². The largest absolute Gasteiger partial charge is 0.368 e. The van der Waals surface area contributed by atoms with Crippen LogP contribution in [0.25, 0.3) is 0 Å². The molecule has 0 saturated carbocycles. The summed E-state index contributed by atoms with van der Waals surface area (Å²) in [6, 6.07) is 4.30. The molecule has 1 atom stereocenters. The van der Waals surface area contributed by atoms with Crippen LogP contribution < -0.4 is 11.1 Å². The first-order valence-electron chi connectivity index (χ1n) is 7.62. The zero-order valence-electron chi connectivity index (χ0n) is 12.9. The number of rotatable bonds is 2. The zero-order chi connectivity index (χ0) is 17.1. The molecule has 1 saturated heterocycles. The van der Waals surface area contributed by atoms with Crippen molar-refractivity contribution in [3.63, 3.8) is 0 Å². The van der Waals surface area contributed by atoms with E-state index in [9.17, 15) is 13.6 Å².